The molecule has 0 bridgehead atoms. The summed E-state index contributed by atoms with van der Waals surface area (Å²) in [5.41, 5.74) is 1.43. The quantitative estimate of drug-likeness (QED) is 0.477. The number of hydrogen-bond acceptors (Lipinski definition) is 5. The standard InChI is InChI=1S/C19H17N3O5/c1-12(21-18(24)15-4-2-3-5-16(15)19(21)25)17(23)20-11-10-13-6-8-14(9-7-13)22(26)27/h2-9,12H,10-11H2,1H3,(H,20,23). The molecule has 0 fully saturated rings. The molecule has 2 aromatic rings. The summed E-state index contributed by atoms with van der Waals surface area (Å²) in [6.45, 7) is 1.78. The number of nitro benzene ring substituents is 1. The molecule has 0 saturated carbocycles. The van der Waals surface area contributed by atoms with Gasteiger partial charge in [0.15, 0.2) is 0 Å². The summed E-state index contributed by atoms with van der Waals surface area (Å²) >= 11 is 0. The molecule has 3 amide bonds. The third kappa shape index (κ3) is 3.55. The van der Waals surface area contributed by atoms with Crippen molar-refractivity contribution in [1.82, 2.24) is 10.2 Å². The molecule has 8 nitrogen and oxygen atoms in total. The lowest BCUT2D eigenvalue weighted by molar-refractivity contribution is -0.384. The molecule has 0 radical (unpaired) electrons. The molecule has 1 aliphatic heterocycles. The van der Waals surface area contributed by atoms with Crippen molar-refractivity contribution in [2.24, 2.45) is 0 Å². The topological polar surface area (TPSA) is 110 Å². The molecule has 1 atom stereocenters. The van der Waals surface area contributed by atoms with Gasteiger partial charge < -0.3 is 5.32 Å². The molecular formula is C19H17N3O5. The molecule has 0 aromatic heterocycles. The second-order valence-electron chi connectivity index (χ2n) is 6.17. The molecule has 138 valence electrons. The molecule has 27 heavy (non-hydrogen) atoms. The number of non-ortho nitro benzene ring substituents is 1. The van der Waals surface area contributed by atoms with E-state index in [-0.39, 0.29) is 12.2 Å². The highest BCUT2D eigenvalue weighted by Gasteiger charge is 2.40. The van der Waals surface area contributed by atoms with Crippen LogP contribution in [-0.4, -0.2) is 40.1 Å². The average Bonchev–Trinajstić information content (AvgIpc) is 2.92. The number of rotatable bonds is 6. The van der Waals surface area contributed by atoms with Crippen LogP contribution < -0.4 is 5.32 Å². The zero-order valence-corrected chi connectivity index (χ0v) is 14.5. The Morgan fingerprint density at radius 2 is 1.63 bits per heavy atom. The fraction of sp³-hybridized carbons (Fsp3) is 0.211. The van der Waals surface area contributed by atoms with E-state index in [2.05, 4.69) is 5.32 Å². The summed E-state index contributed by atoms with van der Waals surface area (Å²) < 4.78 is 0. The Morgan fingerprint density at radius 3 is 2.15 bits per heavy atom. The number of benzene rings is 2. The smallest absolute Gasteiger partial charge is 0.269 e. The molecule has 8 heteroatoms. The highest BCUT2D eigenvalue weighted by atomic mass is 16.6. The Kier molecular flexibility index (Phi) is 4.98. The van der Waals surface area contributed by atoms with Gasteiger partial charge in [0.05, 0.1) is 16.1 Å². The summed E-state index contributed by atoms with van der Waals surface area (Å²) in [6.07, 6.45) is 0.471. The minimum absolute atomic E-state index is 0.00188. The Hall–Kier alpha value is -3.55. The summed E-state index contributed by atoms with van der Waals surface area (Å²) in [7, 11) is 0. The number of carbonyl (C=O) groups excluding carboxylic acids is 3. The Morgan fingerprint density at radius 1 is 1.07 bits per heavy atom. The van der Waals surface area contributed by atoms with Crippen molar-refractivity contribution < 1.29 is 19.3 Å². The first-order chi connectivity index (χ1) is 12.9. The lowest BCUT2D eigenvalue weighted by atomic mass is 10.1. The van der Waals surface area contributed by atoms with Crippen molar-refractivity contribution in [2.45, 2.75) is 19.4 Å². The number of hydrogen-bond donors (Lipinski definition) is 1. The van der Waals surface area contributed by atoms with Gasteiger partial charge in [0, 0.05) is 18.7 Å². The average molecular weight is 367 g/mol. The molecule has 0 spiro atoms. The lowest BCUT2D eigenvalue weighted by Crippen LogP contribution is -2.48. The molecule has 0 saturated heterocycles. The molecule has 1 N–H and O–H groups in total. The maximum atomic E-state index is 12.4. The first-order valence-electron chi connectivity index (χ1n) is 8.38. The van der Waals surface area contributed by atoms with Crippen LogP contribution in [0.2, 0.25) is 0 Å². The Labute approximate surface area is 154 Å². The van der Waals surface area contributed by atoms with Crippen molar-refractivity contribution in [3.63, 3.8) is 0 Å². The number of nitrogens with one attached hydrogen (secondary N) is 1. The third-order valence-corrected chi connectivity index (χ3v) is 4.45. The van der Waals surface area contributed by atoms with Crippen LogP contribution >= 0.6 is 0 Å². The van der Waals surface area contributed by atoms with E-state index in [1.165, 1.54) is 19.1 Å². The van der Waals surface area contributed by atoms with Gasteiger partial charge in [-0.1, -0.05) is 24.3 Å². The summed E-state index contributed by atoms with van der Waals surface area (Å²) in [5, 5.41) is 13.3. The van der Waals surface area contributed by atoms with Crippen LogP contribution in [0.15, 0.2) is 48.5 Å². The molecule has 2 aromatic carbocycles. The predicted molar refractivity (Wildman–Crippen MR) is 96.2 cm³/mol. The minimum Gasteiger partial charge on any atom is -0.354 e. The molecule has 1 heterocycles. The normalized spacial score (nSPS) is 14.0. The monoisotopic (exact) mass is 367 g/mol. The number of carbonyl (C=O) groups is 3. The van der Waals surface area contributed by atoms with Crippen LogP contribution in [0.1, 0.15) is 33.2 Å². The van der Waals surface area contributed by atoms with Crippen LogP contribution in [0.4, 0.5) is 5.69 Å². The van der Waals surface area contributed by atoms with E-state index >= 15 is 0 Å². The van der Waals surface area contributed by atoms with Gasteiger partial charge in [-0.25, -0.2) is 0 Å². The van der Waals surface area contributed by atoms with Gasteiger partial charge in [0.1, 0.15) is 6.04 Å². The molecular weight excluding hydrogens is 350 g/mol. The van der Waals surface area contributed by atoms with Crippen molar-refractivity contribution in [3.8, 4) is 0 Å². The van der Waals surface area contributed by atoms with Gasteiger partial charge in [0.25, 0.3) is 17.5 Å². The molecule has 1 aliphatic rings. The van der Waals surface area contributed by atoms with Crippen molar-refractivity contribution >= 4 is 23.4 Å². The second-order valence-corrected chi connectivity index (χ2v) is 6.17. The van der Waals surface area contributed by atoms with Gasteiger partial charge in [-0.2, -0.15) is 0 Å². The summed E-state index contributed by atoms with van der Waals surface area (Å²) in [5.74, 6) is -1.39. The maximum Gasteiger partial charge on any atom is 0.269 e. The van der Waals surface area contributed by atoms with Crippen molar-refractivity contribution in [3.05, 3.63) is 75.3 Å². The van der Waals surface area contributed by atoms with E-state index in [1.807, 2.05) is 0 Å². The van der Waals surface area contributed by atoms with E-state index < -0.39 is 28.7 Å². The second kappa shape index (κ2) is 7.36. The van der Waals surface area contributed by atoms with Crippen LogP contribution in [-0.2, 0) is 11.2 Å². The van der Waals surface area contributed by atoms with Gasteiger partial charge in [-0.3, -0.25) is 29.4 Å². The highest BCUT2D eigenvalue weighted by molar-refractivity contribution is 6.22. The van der Waals surface area contributed by atoms with Crippen LogP contribution in [0, 0.1) is 10.1 Å². The van der Waals surface area contributed by atoms with E-state index in [1.54, 1.807) is 36.4 Å². The fourth-order valence-corrected chi connectivity index (χ4v) is 2.94. The fourth-order valence-electron chi connectivity index (χ4n) is 2.94. The van der Waals surface area contributed by atoms with Gasteiger partial charge in [-0.15, -0.1) is 0 Å². The van der Waals surface area contributed by atoms with E-state index in [0.29, 0.717) is 17.5 Å². The number of nitrogens with zero attached hydrogens (tertiary/aromatic N) is 2. The molecule has 3 rings (SSSR count). The molecule has 0 aliphatic carbocycles. The lowest BCUT2D eigenvalue weighted by Gasteiger charge is -2.21. The van der Waals surface area contributed by atoms with Gasteiger partial charge in [-0.05, 0) is 31.0 Å². The third-order valence-electron chi connectivity index (χ3n) is 4.45. The van der Waals surface area contributed by atoms with Crippen LogP contribution in [0.25, 0.3) is 0 Å². The number of fused-ring (bicyclic) bond motifs is 1. The van der Waals surface area contributed by atoms with E-state index in [4.69, 9.17) is 0 Å². The first kappa shape index (κ1) is 18.2. The SMILES string of the molecule is CC(C(=O)NCCc1ccc([N+](=O)[O-])cc1)N1C(=O)c2ccccc2C1=O. The van der Waals surface area contributed by atoms with Crippen molar-refractivity contribution in [1.29, 1.82) is 0 Å². The van der Waals surface area contributed by atoms with Gasteiger partial charge in [0.2, 0.25) is 5.91 Å². The van der Waals surface area contributed by atoms with E-state index in [9.17, 15) is 24.5 Å². The summed E-state index contributed by atoms with van der Waals surface area (Å²) in [6, 6.07) is 11.6. The van der Waals surface area contributed by atoms with E-state index in [0.717, 1.165) is 10.5 Å². The van der Waals surface area contributed by atoms with Crippen LogP contribution in [0.3, 0.4) is 0 Å². The zero-order chi connectivity index (χ0) is 19.6. The van der Waals surface area contributed by atoms with Crippen LogP contribution in [0.5, 0.6) is 0 Å². The number of amides is 3. The number of imide groups is 1. The van der Waals surface area contributed by atoms with Crippen molar-refractivity contribution in [2.75, 3.05) is 6.54 Å². The Balaban J connectivity index is 1.58. The van der Waals surface area contributed by atoms with Gasteiger partial charge >= 0.3 is 0 Å². The summed E-state index contributed by atoms with van der Waals surface area (Å²) in [4.78, 5) is 48.3. The Bertz CT molecular complexity index is 888. The molecule has 1 unspecified atom stereocenters. The highest BCUT2D eigenvalue weighted by Crippen LogP contribution is 2.24. The minimum atomic E-state index is -0.936. The maximum absolute atomic E-state index is 12.4. The number of nitro groups is 1. The zero-order valence-electron chi connectivity index (χ0n) is 14.5. The largest absolute Gasteiger partial charge is 0.354 e. The predicted octanol–water partition coefficient (Wildman–Crippen LogP) is 1.94. The first-order valence-corrected chi connectivity index (χ1v) is 8.38.